The lowest BCUT2D eigenvalue weighted by molar-refractivity contribution is 0.174. The number of nitrogens with zero attached hydrogens (tertiary/aromatic N) is 2. The lowest BCUT2D eigenvalue weighted by atomic mass is 10.3. The van der Waals surface area contributed by atoms with Gasteiger partial charge >= 0.3 is 0 Å². The molecule has 1 saturated heterocycles. The van der Waals surface area contributed by atoms with Crippen LogP contribution in [0, 0.1) is 0 Å². The molecule has 0 spiro atoms. The second kappa shape index (κ2) is 4.60. The second-order valence-electron chi connectivity index (χ2n) is 4.30. The minimum Gasteiger partial charge on any atom is -0.444 e. The van der Waals surface area contributed by atoms with Gasteiger partial charge in [0.25, 0.3) is 0 Å². The number of aliphatic hydroxyl groups excluding tert-OH is 1. The largest absolute Gasteiger partial charge is 0.444 e. The van der Waals surface area contributed by atoms with Gasteiger partial charge in [0.05, 0.1) is 16.7 Å². The third-order valence-corrected chi connectivity index (χ3v) is 3.77. The first kappa shape index (κ1) is 11.0. The van der Waals surface area contributed by atoms with Crippen molar-refractivity contribution < 1.29 is 9.52 Å². The second-order valence-corrected chi connectivity index (χ2v) is 5.25. The van der Waals surface area contributed by atoms with Gasteiger partial charge in [-0.05, 0) is 17.9 Å². The normalized spacial score (nSPS) is 21.1. The Morgan fingerprint density at radius 1 is 1.59 bits per heavy atom. The van der Waals surface area contributed by atoms with Crippen LogP contribution in [0.15, 0.2) is 28.2 Å². The SMILES string of the molecule is O[C@@H]1CCN(Cc2coc(-c3cccs3)n2)C1. The van der Waals surface area contributed by atoms with E-state index in [1.807, 2.05) is 17.5 Å². The summed E-state index contributed by atoms with van der Waals surface area (Å²) in [5.41, 5.74) is 0.933. The maximum absolute atomic E-state index is 9.45. The third kappa shape index (κ3) is 2.41. The van der Waals surface area contributed by atoms with Gasteiger partial charge in [0.1, 0.15) is 6.26 Å². The average Bonchev–Trinajstić information content (AvgIpc) is 3.00. The first-order chi connectivity index (χ1) is 8.31. The average molecular weight is 250 g/mol. The zero-order valence-electron chi connectivity index (χ0n) is 9.37. The van der Waals surface area contributed by atoms with Crippen molar-refractivity contribution in [1.29, 1.82) is 0 Å². The van der Waals surface area contributed by atoms with Crippen molar-refractivity contribution >= 4 is 11.3 Å². The molecule has 0 radical (unpaired) electrons. The molecule has 2 aromatic rings. The third-order valence-electron chi connectivity index (χ3n) is 2.92. The molecule has 0 unspecified atom stereocenters. The highest BCUT2D eigenvalue weighted by Gasteiger charge is 2.21. The summed E-state index contributed by atoms with van der Waals surface area (Å²) in [6.07, 6.45) is 2.38. The Balaban J connectivity index is 1.69. The predicted molar refractivity (Wildman–Crippen MR) is 65.7 cm³/mol. The molecule has 90 valence electrons. The van der Waals surface area contributed by atoms with Gasteiger partial charge in [0.15, 0.2) is 0 Å². The van der Waals surface area contributed by atoms with Crippen molar-refractivity contribution in [2.45, 2.75) is 19.1 Å². The van der Waals surface area contributed by atoms with E-state index in [0.29, 0.717) is 5.89 Å². The number of aromatic nitrogens is 1. The number of β-amino-alcohol motifs (C(OH)–C–C–N with tert-alkyl or cyclic N) is 1. The van der Waals surface area contributed by atoms with E-state index < -0.39 is 0 Å². The van der Waals surface area contributed by atoms with E-state index >= 15 is 0 Å². The quantitative estimate of drug-likeness (QED) is 0.904. The highest BCUT2D eigenvalue weighted by atomic mass is 32.1. The molecule has 5 heteroatoms. The number of hydrogen-bond acceptors (Lipinski definition) is 5. The topological polar surface area (TPSA) is 49.5 Å². The van der Waals surface area contributed by atoms with Crippen LogP contribution in [0.4, 0.5) is 0 Å². The van der Waals surface area contributed by atoms with E-state index in [1.165, 1.54) is 0 Å². The van der Waals surface area contributed by atoms with E-state index in [4.69, 9.17) is 4.42 Å². The first-order valence-corrected chi connectivity index (χ1v) is 6.58. The van der Waals surface area contributed by atoms with E-state index in [1.54, 1.807) is 17.6 Å². The number of rotatable bonds is 3. The van der Waals surface area contributed by atoms with Crippen LogP contribution >= 0.6 is 11.3 Å². The van der Waals surface area contributed by atoms with E-state index in [9.17, 15) is 5.11 Å². The smallest absolute Gasteiger partial charge is 0.236 e. The summed E-state index contributed by atoms with van der Waals surface area (Å²) in [5.74, 6) is 0.690. The van der Waals surface area contributed by atoms with E-state index in [-0.39, 0.29) is 6.10 Å². The van der Waals surface area contributed by atoms with Gasteiger partial charge in [-0.25, -0.2) is 4.98 Å². The molecule has 0 aromatic carbocycles. The van der Waals surface area contributed by atoms with Crippen LogP contribution in [-0.4, -0.2) is 34.2 Å². The molecule has 4 nitrogen and oxygen atoms in total. The maximum atomic E-state index is 9.45. The van der Waals surface area contributed by atoms with Gasteiger partial charge in [-0.2, -0.15) is 0 Å². The molecule has 0 bridgehead atoms. The molecule has 0 aliphatic carbocycles. The van der Waals surface area contributed by atoms with Crippen LogP contribution in [0.2, 0.25) is 0 Å². The van der Waals surface area contributed by atoms with Gasteiger partial charge in [-0.15, -0.1) is 11.3 Å². The Hall–Kier alpha value is -1.17. The Morgan fingerprint density at radius 3 is 3.24 bits per heavy atom. The summed E-state index contributed by atoms with van der Waals surface area (Å²) >= 11 is 1.62. The summed E-state index contributed by atoms with van der Waals surface area (Å²) in [6, 6.07) is 3.99. The van der Waals surface area contributed by atoms with Crippen molar-refractivity contribution in [3.8, 4) is 10.8 Å². The number of aliphatic hydroxyl groups is 1. The van der Waals surface area contributed by atoms with E-state index in [2.05, 4.69) is 9.88 Å². The standard InChI is InChI=1S/C12H14N2O2S/c15-10-3-4-14(7-10)6-9-8-16-12(13-9)11-2-1-5-17-11/h1-2,5,8,10,15H,3-4,6-7H2/t10-/m1/s1. The van der Waals surface area contributed by atoms with Gasteiger partial charge in [0.2, 0.25) is 5.89 Å². The number of likely N-dealkylation sites (tertiary alicyclic amines) is 1. The maximum Gasteiger partial charge on any atom is 0.236 e. The molecule has 0 saturated carbocycles. The van der Waals surface area contributed by atoms with Crippen LogP contribution in [0.1, 0.15) is 12.1 Å². The molecule has 17 heavy (non-hydrogen) atoms. The molecule has 0 amide bonds. The lowest BCUT2D eigenvalue weighted by Gasteiger charge is -2.11. The Labute approximate surface area is 104 Å². The summed E-state index contributed by atoms with van der Waals surface area (Å²) in [4.78, 5) is 7.71. The first-order valence-electron chi connectivity index (χ1n) is 5.70. The molecule has 3 rings (SSSR count). The van der Waals surface area contributed by atoms with Gasteiger partial charge in [0, 0.05) is 19.6 Å². The molecule has 1 N–H and O–H groups in total. The van der Waals surface area contributed by atoms with Crippen molar-refractivity contribution in [2.24, 2.45) is 0 Å². The minimum absolute atomic E-state index is 0.182. The lowest BCUT2D eigenvalue weighted by Crippen LogP contribution is -2.21. The molecule has 1 fully saturated rings. The van der Waals surface area contributed by atoms with Crippen molar-refractivity contribution in [3.05, 3.63) is 29.5 Å². The molecule has 2 aromatic heterocycles. The zero-order chi connectivity index (χ0) is 11.7. The highest BCUT2D eigenvalue weighted by Crippen LogP contribution is 2.24. The Kier molecular flexibility index (Phi) is 2.96. The molecule has 1 atom stereocenters. The Bertz CT molecular complexity index is 480. The van der Waals surface area contributed by atoms with Gasteiger partial charge in [-0.1, -0.05) is 6.07 Å². The van der Waals surface area contributed by atoms with Crippen molar-refractivity contribution in [1.82, 2.24) is 9.88 Å². The van der Waals surface area contributed by atoms with Crippen molar-refractivity contribution in [3.63, 3.8) is 0 Å². The van der Waals surface area contributed by atoms with Crippen LogP contribution < -0.4 is 0 Å². The van der Waals surface area contributed by atoms with Crippen LogP contribution in [-0.2, 0) is 6.54 Å². The van der Waals surface area contributed by atoms with Crippen LogP contribution in [0.25, 0.3) is 10.8 Å². The zero-order valence-corrected chi connectivity index (χ0v) is 10.2. The minimum atomic E-state index is -0.182. The molecule has 1 aliphatic heterocycles. The van der Waals surface area contributed by atoms with E-state index in [0.717, 1.165) is 36.6 Å². The Morgan fingerprint density at radius 2 is 2.53 bits per heavy atom. The summed E-state index contributed by atoms with van der Waals surface area (Å²) in [7, 11) is 0. The number of thiophene rings is 1. The molecule has 1 aliphatic rings. The number of oxazole rings is 1. The highest BCUT2D eigenvalue weighted by molar-refractivity contribution is 7.13. The number of hydrogen-bond donors (Lipinski definition) is 1. The predicted octanol–water partition coefficient (Wildman–Crippen LogP) is 1.97. The van der Waals surface area contributed by atoms with Gasteiger partial charge in [-0.3, -0.25) is 4.90 Å². The fraction of sp³-hybridized carbons (Fsp3) is 0.417. The molecular weight excluding hydrogens is 236 g/mol. The summed E-state index contributed by atoms with van der Waals surface area (Å²) in [5, 5.41) is 11.5. The molecule has 3 heterocycles. The van der Waals surface area contributed by atoms with Crippen LogP contribution in [0.5, 0.6) is 0 Å². The fourth-order valence-corrected chi connectivity index (χ4v) is 2.73. The fourth-order valence-electron chi connectivity index (χ4n) is 2.08. The monoisotopic (exact) mass is 250 g/mol. The molecular formula is C12H14N2O2S. The van der Waals surface area contributed by atoms with Gasteiger partial charge < -0.3 is 9.52 Å². The summed E-state index contributed by atoms with van der Waals surface area (Å²) < 4.78 is 5.46. The summed E-state index contributed by atoms with van der Waals surface area (Å²) in [6.45, 7) is 2.43. The van der Waals surface area contributed by atoms with Crippen LogP contribution in [0.3, 0.4) is 0 Å². The van der Waals surface area contributed by atoms with Crippen molar-refractivity contribution in [2.75, 3.05) is 13.1 Å².